The summed E-state index contributed by atoms with van der Waals surface area (Å²) in [4.78, 5) is 0. The lowest BCUT2D eigenvalue weighted by atomic mass is 9.79. The first-order valence-corrected chi connectivity index (χ1v) is 16.1. The largest absolute Gasteiger partial charge is 0.490 e. The maximum absolute atomic E-state index is 6.37. The molecule has 2 fully saturated rings. The van der Waals surface area contributed by atoms with Crippen LogP contribution in [0.1, 0.15) is 98.5 Å². The van der Waals surface area contributed by atoms with Crippen LogP contribution in [0, 0.1) is 6.92 Å². The van der Waals surface area contributed by atoms with Crippen molar-refractivity contribution >= 4 is 21.9 Å². The normalized spacial score (nSPS) is 22.9. The SMILES string of the molecule is Cc1cc2ccc(O[C@H]3C[C@@H](NC(C)(C)CCC(C)(C)c4cc5cc(O[C@H]6C[C@@H](NC(C)(C)C)C6)ccc5o4)C3)cc2o1. The number of ether oxygens (including phenoxy) is 2. The Labute approximate surface area is 256 Å². The summed E-state index contributed by atoms with van der Waals surface area (Å²) in [6.07, 6.45) is 6.74. The molecule has 0 unspecified atom stereocenters. The van der Waals surface area contributed by atoms with E-state index in [-0.39, 0.29) is 28.7 Å². The summed E-state index contributed by atoms with van der Waals surface area (Å²) < 4.78 is 24.7. The van der Waals surface area contributed by atoms with Gasteiger partial charge in [-0.15, -0.1) is 0 Å². The van der Waals surface area contributed by atoms with Crippen LogP contribution in [-0.2, 0) is 5.41 Å². The Hall–Kier alpha value is -2.96. The van der Waals surface area contributed by atoms with Crippen LogP contribution in [0.5, 0.6) is 11.5 Å². The van der Waals surface area contributed by atoms with E-state index in [1.54, 1.807) is 0 Å². The van der Waals surface area contributed by atoms with Crippen LogP contribution in [0.3, 0.4) is 0 Å². The van der Waals surface area contributed by atoms with E-state index in [4.69, 9.17) is 18.3 Å². The van der Waals surface area contributed by atoms with Crippen LogP contribution in [0.25, 0.3) is 21.9 Å². The highest BCUT2D eigenvalue weighted by atomic mass is 16.5. The summed E-state index contributed by atoms with van der Waals surface area (Å²) in [6.45, 7) is 17.8. The molecule has 0 saturated heterocycles. The predicted molar refractivity (Wildman–Crippen MR) is 174 cm³/mol. The van der Waals surface area contributed by atoms with Crippen molar-refractivity contribution < 1.29 is 18.3 Å². The summed E-state index contributed by atoms with van der Waals surface area (Å²) in [5, 5.41) is 9.80. The van der Waals surface area contributed by atoms with E-state index in [2.05, 4.69) is 89.4 Å². The van der Waals surface area contributed by atoms with Gasteiger partial charge in [0, 0.05) is 45.4 Å². The van der Waals surface area contributed by atoms with Gasteiger partial charge in [-0.1, -0.05) is 13.8 Å². The van der Waals surface area contributed by atoms with E-state index in [1.165, 1.54) is 0 Å². The van der Waals surface area contributed by atoms with Crippen LogP contribution in [0.2, 0.25) is 0 Å². The molecule has 0 atom stereocenters. The molecule has 6 nitrogen and oxygen atoms in total. The van der Waals surface area contributed by atoms with Crippen molar-refractivity contribution in [2.75, 3.05) is 0 Å². The minimum absolute atomic E-state index is 0.0209. The smallest absolute Gasteiger partial charge is 0.137 e. The highest BCUT2D eigenvalue weighted by Crippen LogP contribution is 2.37. The van der Waals surface area contributed by atoms with Crippen LogP contribution in [0.4, 0.5) is 0 Å². The number of rotatable bonds is 11. The van der Waals surface area contributed by atoms with Crippen LogP contribution >= 0.6 is 0 Å². The molecule has 0 radical (unpaired) electrons. The fourth-order valence-electron chi connectivity index (χ4n) is 6.58. The summed E-state index contributed by atoms with van der Waals surface area (Å²) in [5.74, 6) is 3.79. The maximum Gasteiger partial charge on any atom is 0.137 e. The zero-order chi connectivity index (χ0) is 30.6. The van der Waals surface area contributed by atoms with Crippen molar-refractivity contribution in [3.8, 4) is 11.5 Å². The topological polar surface area (TPSA) is 68.8 Å². The number of benzene rings is 2. The molecule has 43 heavy (non-hydrogen) atoms. The molecule has 232 valence electrons. The lowest BCUT2D eigenvalue weighted by Crippen LogP contribution is -2.54. The number of nitrogens with one attached hydrogen (secondary N) is 2. The number of fused-ring (bicyclic) bond motifs is 2. The van der Waals surface area contributed by atoms with Gasteiger partial charge in [0.1, 0.15) is 46.4 Å². The van der Waals surface area contributed by atoms with Crippen molar-refractivity contribution in [3.05, 3.63) is 60.1 Å². The van der Waals surface area contributed by atoms with Gasteiger partial charge >= 0.3 is 0 Å². The fraction of sp³-hybridized carbons (Fsp3) is 0.568. The van der Waals surface area contributed by atoms with Gasteiger partial charge in [0.25, 0.3) is 0 Å². The molecule has 0 bridgehead atoms. The summed E-state index contributed by atoms with van der Waals surface area (Å²) in [6, 6.07) is 17.7. The molecule has 2 N–H and O–H groups in total. The Morgan fingerprint density at radius 1 is 0.674 bits per heavy atom. The first-order chi connectivity index (χ1) is 20.2. The average Bonchev–Trinajstić information content (AvgIpc) is 3.47. The molecule has 4 aromatic rings. The second-order valence-electron chi connectivity index (χ2n) is 15.5. The van der Waals surface area contributed by atoms with Crippen molar-refractivity contribution in [3.63, 3.8) is 0 Å². The molecule has 2 aliphatic carbocycles. The van der Waals surface area contributed by atoms with Gasteiger partial charge in [0.05, 0.1) is 0 Å². The average molecular weight is 587 g/mol. The van der Waals surface area contributed by atoms with E-state index in [9.17, 15) is 0 Å². The Morgan fingerprint density at radius 3 is 1.98 bits per heavy atom. The molecule has 2 aliphatic rings. The molecule has 6 heteroatoms. The molecule has 0 amide bonds. The lowest BCUT2D eigenvalue weighted by Gasteiger charge is -2.42. The second kappa shape index (κ2) is 11.2. The standard InChI is InChI=1S/C37H50N2O4/c1-23-15-24-9-10-29(22-33(24)40-23)42-31-20-27(21-31)39-37(7,8)14-13-36(5,6)34-17-25-16-28(11-12-32(25)43-34)41-30-18-26(19-30)38-35(2,3)4/h9-12,15-17,22,26-27,30-31,38-39H,13-14,18-21H2,1-8H3/t26-,27-,30+,31+. The molecule has 2 saturated carbocycles. The van der Waals surface area contributed by atoms with Gasteiger partial charge in [-0.3, -0.25) is 0 Å². The molecule has 2 heterocycles. The molecule has 2 aromatic heterocycles. The third-order valence-electron chi connectivity index (χ3n) is 9.17. The molecule has 2 aromatic carbocycles. The predicted octanol–water partition coefficient (Wildman–Crippen LogP) is 8.82. The van der Waals surface area contributed by atoms with E-state index in [1.807, 2.05) is 25.1 Å². The van der Waals surface area contributed by atoms with Gasteiger partial charge in [-0.2, -0.15) is 0 Å². The fourth-order valence-corrected chi connectivity index (χ4v) is 6.58. The van der Waals surface area contributed by atoms with E-state index < -0.39 is 0 Å². The quantitative estimate of drug-likeness (QED) is 0.183. The lowest BCUT2D eigenvalue weighted by molar-refractivity contribution is 0.0689. The summed E-state index contributed by atoms with van der Waals surface area (Å²) >= 11 is 0. The van der Waals surface area contributed by atoms with E-state index >= 15 is 0 Å². The van der Waals surface area contributed by atoms with Crippen LogP contribution in [-0.4, -0.2) is 35.4 Å². The van der Waals surface area contributed by atoms with Crippen LogP contribution < -0.4 is 20.1 Å². The third-order valence-corrected chi connectivity index (χ3v) is 9.17. The van der Waals surface area contributed by atoms with Gasteiger partial charge in [0.2, 0.25) is 0 Å². The van der Waals surface area contributed by atoms with Crippen molar-refractivity contribution in [1.29, 1.82) is 0 Å². The molecular formula is C37H50N2O4. The minimum Gasteiger partial charge on any atom is -0.490 e. The summed E-state index contributed by atoms with van der Waals surface area (Å²) in [7, 11) is 0. The minimum atomic E-state index is -0.0765. The molecule has 6 rings (SSSR count). The van der Waals surface area contributed by atoms with E-state index in [0.29, 0.717) is 12.1 Å². The van der Waals surface area contributed by atoms with Gasteiger partial charge in [0.15, 0.2) is 0 Å². The van der Waals surface area contributed by atoms with Crippen molar-refractivity contribution in [2.45, 2.75) is 135 Å². The van der Waals surface area contributed by atoms with Gasteiger partial charge in [-0.25, -0.2) is 0 Å². The summed E-state index contributed by atoms with van der Waals surface area (Å²) in [5.41, 5.74) is 1.91. The Bertz CT molecular complexity index is 1560. The number of aryl methyl sites for hydroxylation is 1. The Morgan fingerprint density at radius 2 is 1.30 bits per heavy atom. The monoisotopic (exact) mass is 586 g/mol. The highest BCUT2D eigenvalue weighted by Gasteiger charge is 2.36. The first-order valence-electron chi connectivity index (χ1n) is 16.1. The zero-order valence-corrected chi connectivity index (χ0v) is 27.3. The highest BCUT2D eigenvalue weighted by molar-refractivity contribution is 5.80. The van der Waals surface area contributed by atoms with Crippen molar-refractivity contribution in [1.82, 2.24) is 10.6 Å². The molecular weight excluding hydrogens is 536 g/mol. The van der Waals surface area contributed by atoms with E-state index in [0.717, 1.165) is 83.5 Å². The van der Waals surface area contributed by atoms with Gasteiger partial charge in [-0.05, 0) is 123 Å². The van der Waals surface area contributed by atoms with Crippen LogP contribution in [0.15, 0.2) is 57.4 Å². The number of furan rings is 2. The zero-order valence-electron chi connectivity index (χ0n) is 27.3. The second-order valence-corrected chi connectivity index (χ2v) is 15.5. The number of hydrogen-bond acceptors (Lipinski definition) is 6. The molecule has 0 spiro atoms. The number of hydrogen-bond donors (Lipinski definition) is 2. The first kappa shape index (κ1) is 30.1. The molecule has 0 aliphatic heterocycles. The van der Waals surface area contributed by atoms with Crippen molar-refractivity contribution in [2.24, 2.45) is 0 Å². The maximum atomic E-state index is 6.37. The Kier molecular flexibility index (Phi) is 7.83. The van der Waals surface area contributed by atoms with Gasteiger partial charge < -0.3 is 28.9 Å². The Balaban J connectivity index is 0.975. The third kappa shape index (κ3) is 7.24.